The summed E-state index contributed by atoms with van der Waals surface area (Å²) in [6, 6.07) is 9.97. The molecule has 0 saturated heterocycles. The lowest BCUT2D eigenvalue weighted by Crippen LogP contribution is -2.20. The lowest BCUT2D eigenvalue weighted by Gasteiger charge is -2.11. The fraction of sp³-hybridized carbons (Fsp3) is 0.296. The number of benzene rings is 1. The van der Waals surface area contributed by atoms with Gasteiger partial charge in [0.1, 0.15) is 10.9 Å². The summed E-state index contributed by atoms with van der Waals surface area (Å²) in [5.41, 5.74) is 13.6. The predicted molar refractivity (Wildman–Crippen MR) is 154 cm³/mol. The van der Waals surface area contributed by atoms with Crippen molar-refractivity contribution in [3.8, 4) is 27.8 Å². The quantitative estimate of drug-likeness (QED) is 0.176. The third-order valence-electron chi connectivity index (χ3n) is 5.08. The van der Waals surface area contributed by atoms with Gasteiger partial charge in [0.25, 0.3) is 0 Å². The van der Waals surface area contributed by atoms with Gasteiger partial charge in [-0.05, 0) is 30.2 Å². The van der Waals surface area contributed by atoms with Crippen molar-refractivity contribution < 1.29 is 4.79 Å². The number of aryl methyl sites for hydroxylation is 2. The molecule has 0 unspecified atom stereocenters. The fourth-order valence-corrected chi connectivity index (χ4v) is 4.90. The van der Waals surface area contributed by atoms with Gasteiger partial charge in [0.15, 0.2) is 0 Å². The Morgan fingerprint density at radius 2 is 2.00 bits per heavy atom. The van der Waals surface area contributed by atoms with Gasteiger partial charge >= 0.3 is 0 Å². The van der Waals surface area contributed by atoms with E-state index in [0.717, 1.165) is 37.7 Å². The Labute approximate surface area is 226 Å². The number of hydrazone groups is 1. The molecule has 194 valence electrons. The van der Waals surface area contributed by atoms with Crippen LogP contribution in [0.15, 0.2) is 41.8 Å². The van der Waals surface area contributed by atoms with E-state index in [1.54, 1.807) is 23.1 Å². The minimum absolute atomic E-state index is 0.159. The first-order valence-corrected chi connectivity index (χ1v) is 13.2. The van der Waals surface area contributed by atoms with Crippen LogP contribution in [-0.4, -0.2) is 33.4 Å². The van der Waals surface area contributed by atoms with Gasteiger partial charge in [-0.1, -0.05) is 57.8 Å². The summed E-state index contributed by atoms with van der Waals surface area (Å²) in [4.78, 5) is 16.6. The zero-order chi connectivity index (χ0) is 27.5. The van der Waals surface area contributed by atoms with Gasteiger partial charge in [-0.25, -0.2) is 10.4 Å². The van der Waals surface area contributed by atoms with E-state index in [0.29, 0.717) is 28.1 Å². The molecule has 0 aliphatic heterocycles. The zero-order valence-corrected chi connectivity index (χ0v) is 23.5. The van der Waals surface area contributed by atoms with Crippen molar-refractivity contribution in [3.63, 3.8) is 0 Å². The molecule has 0 radical (unpaired) electrons. The molecule has 3 aromatic heterocycles. The predicted octanol–water partition coefficient (Wildman–Crippen LogP) is 6.05. The fourth-order valence-electron chi connectivity index (χ4n) is 3.57. The summed E-state index contributed by atoms with van der Waals surface area (Å²) in [7, 11) is 1.83. The summed E-state index contributed by atoms with van der Waals surface area (Å²) < 4.78 is 1.74. The molecule has 0 saturated carbocycles. The molecule has 1 aromatic carbocycles. The van der Waals surface area contributed by atoms with E-state index in [4.69, 9.17) is 17.3 Å². The molecule has 0 aliphatic rings. The number of nitrogens with one attached hydrogen (secondary N) is 1. The molecule has 8 nitrogen and oxygen atoms in total. The maximum absolute atomic E-state index is 10.7. The van der Waals surface area contributed by atoms with Crippen molar-refractivity contribution in [1.82, 2.24) is 20.2 Å². The minimum atomic E-state index is 0.159. The summed E-state index contributed by atoms with van der Waals surface area (Å²) in [5.74, 6) is 0. The van der Waals surface area contributed by atoms with Crippen LogP contribution in [0.4, 0.5) is 0 Å². The van der Waals surface area contributed by atoms with Crippen molar-refractivity contribution in [1.29, 1.82) is 5.26 Å². The molecule has 0 aliphatic carbocycles. The normalized spacial score (nSPS) is 10.6. The molecule has 1 amide bonds. The first-order chi connectivity index (χ1) is 17.9. The Morgan fingerprint density at radius 3 is 2.62 bits per heavy atom. The molecule has 4 aromatic rings. The summed E-state index contributed by atoms with van der Waals surface area (Å²) in [5, 5.41) is 19.6. The van der Waals surface area contributed by atoms with Gasteiger partial charge in [-0.15, -0.1) is 11.3 Å². The van der Waals surface area contributed by atoms with Crippen LogP contribution in [0, 0.1) is 18.3 Å². The van der Waals surface area contributed by atoms with Crippen molar-refractivity contribution in [3.05, 3.63) is 58.4 Å². The maximum Gasteiger partial charge on any atom is 0.227 e. The number of aromatic nitrogens is 3. The van der Waals surface area contributed by atoms with Gasteiger partial charge in [0, 0.05) is 36.3 Å². The largest absolute Gasteiger partial charge is 0.325 e. The lowest BCUT2D eigenvalue weighted by atomic mass is 9.96. The summed E-state index contributed by atoms with van der Waals surface area (Å²) in [6.45, 7) is 10.4. The Morgan fingerprint density at radius 1 is 1.30 bits per heavy atom. The molecular weight excluding hydrogens is 506 g/mol. The number of nitriles is 1. The van der Waals surface area contributed by atoms with Crippen molar-refractivity contribution in [2.75, 3.05) is 6.54 Å². The van der Waals surface area contributed by atoms with Crippen LogP contribution in [0.5, 0.6) is 0 Å². The molecule has 37 heavy (non-hydrogen) atoms. The van der Waals surface area contributed by atoms with Crippen LogP contribution >= 0.6 is 22.9 Å². The second-order valence-corrected chi connectivity index (χ2v) is 9.14. The van der Waals surface area contributed by atoms with E-state index in [-0.39, 0.29) is 6.54 Å². The molecule has 10 heteroatoms. The van der Waals surface area contributed by atoms with Gasteiger partial charge < -0.3 is 5.73 Å². The average Bonchev–Trinajstić information content (AvgIpc) is 3.46. The number of pyridine rings is 1. The Hall–Kier alpha value is -3.58. The zero-order valence-electron chi connectivity index (χ0n) is 22.0. The van der Waals surface area contributed by atoms with Gasteiger partial charge in [0.2, 0.25) is 6.41 Å². The van der Waals surface area contributed by atoms with Gasteiger partial charge in [-0.3, -0.25) is 9.48 Å². The highest BCUT2D eigenvalue weighted by molar-refractivity contribution is 7.22. The number of carbonyl (C=O) groups is 1. The molecular formula is C27H32ClN7OS. The monoisotopic (exact) mass is 537 g/mol. The van der Waals surface area contributed by atoms with Crippen LogP contribution in [0.25, 0.3) is 31.9 Å². The highest BCUT2D eigenvalue weighted by Gasteiger charge is 2.22. The number of carbonyl (C=O) groups excluding carboxylic acids is 1. The smallest absolute Gasteiger partial charge is 0.227 e. The minimum Gasteiger partial charge on any atom is -0.325 e. The van der Waals surface area contributed by atoms with E-state index in [2.05, 4.69) is 40.5 Å². The molecule has 0 atom stereocenters. The molecule has 4 rings (SSSR count). The molecule has 3 heterocycles. The van der Waals surface area contributed by atoms with E-state index in [9.17, 15) is 10.1 Å². The van der Waals surface area contributed by atoms with Crippen molar-refractivity contribution in [2.24, 2.45) is 17.9 Å². The van der Waals surface area contributed by atoms with E-state index < -0.39 is 0 Å². The van der Waals surface area contributed by atoms with E-state index in [1.165, 1.54) is 17.8 Å². The second kappa shape index (κ2) is 14.2. The SMILES string of the molecule is CC.CCC.Cc1ccc(-c2cnn(C)c2-c2sc3ncc(Cl)cc3c2C#N)cc1/C(CN)=N\NC=O. The van der Waals surface area contributed by atoms with Gasteiger partial charge in [0.05, 0.1) is 33.1 Å². The molecule has 0 bridgehead atoms. The third kappa shape index (κ3) is 6.60. The van der Waals surface area contributed by atoms with E-state index >= 15 is 0 Å². The number of hydrogen-bond acceptors (Lipinski definition) is 7. The highest BCUT2D eigenvalue weighted by atomic mass is 35.5. The topological polar surface area (TPSA) is 122 Å². The number of fused-ring (bicyclic) bond motifs is 1. The van der Waals surface area contributed by atoms with Crippen LogP contribution in [0.3, 0.4) is 0 Å². The number of rotatable bonds is 6. The Bertz CT molecular complexity index is 1430. The first kappa shape index (κ1) is 29.6. The van der Waals surface area contributed by atoms with Crippen LogP contribution in [0.2, 0.25) is 5.02 Å². The Kier molecular flexibility index (Phi) is 11.4. The number of halogens is 1. The number of amides is 1. The molecule has 0 spiro atoms. The highest BCUT2D eigenvalue weighted by Crippen LogP contribution is 2.42. The maximum atomic E-state index is 10.7. The summed E-state index contributed by atoms with van der Waals surface area (Å²) in [6.07, 6.45) is 5.08. The van der Waals surface area contributed by atoms with Crippen LogP contribution in [0.1, 0.15) is 50.8 Å². The molecule has 0 fully saturated rings. The first-order valence-electron chi connectivity index (χ1n) is 12.0. The van der Waals surface area contributed by atoms with Gasteiger partial charge in [-0.2, -0.15) is 15.5 Å². The van der Waals surface area contributed by atoms with E-state index in [1.807, 2.05) is 46.0 Å². The number of nitrogens with two attached hydrogens (primary N) is 1. The van der Waals surface area contributed by atoms with Crippen molar-refractivity contribution in [2.45, 2.75) is 41.0 Å². The Balaban J connectivity index is 0.000000898. The molecule has 3 N–H and O–H groups in total. The lowest BCUT2D eigenvalue weighted by molar-refractivity contribution is -0.109. The third-order valence-corrected chi connectivity index (χ3v) is 6.41. The van der Waals surface area contributed by atoms with Crippen molar-refractivity contribution >= 4 is 45.3 Å². The number of hydrogen-bond donors (Lipinski definition) is 2. The van der Waals surface area contributed by atoms with Crippen LogP contribution < -0.4 is 11.2 Å². The number of thiophene rings is 1. The standard InChI is InChI=1S/C22H18ClN7OS.C3H8.C2H6/c1-12-3-4-13(5-15(12)19(8-25)29-27-11-31)18-10-28-30(2)20(18)21-17(7-24)16-6-14(23)9-26-22(16)32-21;1-3-2;1-2/h3-6,9-11H,8,25H2,1-2H3,(H,27,31);3H2,1-2H3;1-2H3/b29-19-;;. The second-order valence-electron chi connectivity index (χ2n) is 7.70. The number of nitrogens with zero attached hydrogens (tertiary/aromatic N) is 5. The van der Waals surface area contributed by atoms with Crippen LogP contribution in [-0.2, 0) is 11.8 Å². The summed E-state index contributed by atoms with van der Waals surface area (Å²) >= 11 is 7.54. The average molecular weight is 538 g/mol.